The third kappa shape index (κ3) is 3.24. The molecule has 0 bridgehead atoms. The monoisotopic (exact) mass is 265 g/mol. The van der Waals surface area contributed by atoms with Crippen molar-refractivity contribution in [3.63, 3.8) is 0 Å². The molecule has 1 aromatic heterocycles. The molecule has 1 amide bonds. The topological polar surface area (TPSA) is 54.9 Å². The van der Waals surface area contributed by atoms with Gasteiger partial charge in [0, 0.05) is 6.54 Å². The Morgan fingerprint density at radius 2 is 1.89 bits per heavy atom. The summed E-state index contributed by atoms with van der Waals surface area (Å²) in [6, 6.07) is 8.84. The van der Waals surface area contributed by atoms with Crippen molar-refractivity contribution in [2.75, 3.05) is 0 Å². The summed E-state index contributed by atoms with van der Waals surface area (Å²) in [7, 11) is 0. The zero-order valence-corrected chi connectivity index (χ0v) is 9.99. The van der Waals surface area contributed by atoms with Gasteiger partial charge in [-0.25, -0.2) is 4.39 Å². The van der Waals surface area contributed by atoms with E-state index >= 15 is 0 Å². The molecule has 0 aliphatic rings. The molecule has 92 valence electrons. The summed E-state index contributed by atoms with van der Waals surface area (Å²) in [6.45, 7) is 0.295. The fourth-order valence-electron chi connectivity index (χ4n) is 1.31. The Kier molecular flexibility index (Phi) is 3.84. The lowest BCUT2D eigenvalue weighted by atomic mass is 10.2. The average Bonchev–Trinajstić information content (AvgIpc) is 2.38. The Hall–Kier alpha value is -2.01. The number of rotatable bonds is 3. The van der Waals surface area contributed by atoms with E-state index in [-0.39, 0.29) is 22.6 Å². The summed E-state index contributed by atoms with van der Waals surface area (Å²) >= 11 is 5.56. The molecule has 0 aliphatic heterocycles. The number of hydrogen-bond donors (Lipinski definition) is 1. The molecule has 0 saturated carbocycles. The van der Waals surface area contributed by atoms with Crippen LogP contribution in [0.3, 0.4) is 0 Å². The van der Waals surface area contributed by atoms with Gasteiger partial charge in [0.1, 0.15) is 5.82 Å². The van der Waals surface area contributed by atoms with Gasteiger partial charge in [0.2, 0.25) is 0 Å². The van der Waals surface area contributed by atoms with E-state index in [9.17, 15) is 9.18 Å². The third-order valence-corrected chi connectivity index (χ3v) is 2.43. The minimum Gasteiger partial charge on any atom is -0.347 e. The van der Waals surface area contributed by atoms with Crippen molar-refractivity contribution < 1.29 is 9.18 Å². The molecular formula is C12H9ClFN3O. The summed E-state index contributed by atoms with van der Waals surface area (Å²) in [4.78, 5) is 11.7. The van der Waals surface area contributed by atoms with Crippen molar-refractivity contribution in [3.8, 4) is 0 Å². The first-order valence-electron chi connectivity index (χ1n) is 5.17. The second-order valence-electron chi connectivity index (χ2n) is 3.55. The fourth-order valence-corrected chi connectivity index (χ4v) is 1.41. The smallest absolute Gasteiger partial charge is 0.272 e. The molecule has 0 radical (unpaired) electrons. The molecule has 1 heterocycles. The minimum absolute atomic E-state index is 0.182. The van der Waals surface area contributed by atoms with Crippen LogP contribution in [0, 0.1) is 5.82 Å². The van der Waals surface area contributed by atoms with Gasteiger partial charge < -0.3 is 5.32 Å². The summed E-state index contributed by atoms with van der Waals surface area (Å²) in [5, 5.41) is 10.1. The molecule has 18 heavy (non-hydrogen) atoms. The lowest BCUT2D eigenvalue weighted by Gasteiger charge is -2.04. The largest absolute Gasteiger partial charge is 0.347 e. The number of nitrogens with zero attached hydrogens (tertiary/aromatic N) is 2. The molecule has 0 unspecified atom stereocenters. The molecule has 6 heteroatoms. The number of amides is 1. The molecule has 0 spiro atoms. The van der Waals surface area contributed by atoms with Gasteiger partial charge in [0.15, 0.2) is 10.8 Å². The van der Waals surface area contributed by atoms with E-state index in [0.717, 1.165) is 5.56 Å². The molecule has 0 saturated heterocycles. The van der Waals surface area contributed by atoms with Crippen molar-refractivity contribution in [2.24, 2.45) is 0 Å². The average molecular weight is 266 g/mol. The first-order valence-corrected chi connectivity index (χ1v) is 5.55. The molecule has 0 fully saturated rings. The quantitative estimate of drug-likeness (QED) is 0.926. The van der Waals surface area contributed by atoms with Crippen LogP contribution in [0.2, 0.25) is 5.15 Å². The Morgan fingerprint density at radius 1 is 1.17 bits per heavy atom. The number of benzene rings is 1. The van der Waals surface area contributed by atoms with E-state index in [4.69, 9.17) is 11.6 Å². The maximum atomic E-state index is 12.7. The van der Waals surface area contributed by atoms with Gasteiger partial charge in [-0.15, -0.1) is 10.2 Å². The Balaban J connectivity index is 1.96. The van der Waals surface area contributed by atoms with E-state index in [1.54, 1.807) is 12.1 Å². The lowest BCUT2D eigenvalue weighted by Crippen LogP contribution is -2.24. The predicted octanol–water partition coefficient (Wildman–Crippen LogP) is 2.20. The van der Waals surface area contributed by atoms with Gasteiger partial charge in [-0.1, -0.05) is 23.7 Å². The van der Waals surface area contributed by atoms with Crippen molar-refractivity contribution in [1.82, 2.24) is 15.5 Å². The van der Waals surface area contributed by atoms with Crippen molar-refractivity contribution in [2.45, 2.75) is 6.54 Å². The van der Waals surface area contributed by atoms with Crippen LogP contribution < -0.4 is 5.32 Å². The first-order chi connectivity index (χ1) is 8.65. The SMILES string of the molecule is O=C(NCc1ccc(F)cc1)c1ccc(Cl)nn1. The highest BCUT2D eigenvalue weighted by molar-refractivity contribution is 6.29. The second kappa shape index (κ2) is 5.55. The van der Waals surface area contributed by atoms with Crippen LogP contribution in [0.5, 0.6) is 0 Å². The number of carbonyl (C=O) groups excluding carboxylic acids is 1. The molecule has 1 aromatic carbocycles. The molecule has 0 aliphatic carbocycles. The van der Waals surface area contributed by atoms with Crippen molar-refractivity contribution in [1.29, 1.82) is 0 Å². The summed E-state index contributed by atoms with van der Waals surface area (Å²) in [5.74, 6) is -0.669. The van der Waals surface area contributed by atoms with Crippen LogP contribution in [0.15, 0.2) is 36.4 Å². The number of carbonyl (C=O) groups is 1. The zero-order valence-electron chi connectivity index (χ0n) is 9.23. The van der Waals surface area contributed by atoms with Crippen molar-refractivity contribution >= 4 is 17.5 Å². The van der Waals surface area contributed by atoms with Crippen LogP contribution in [0.1, 0.15) is 16.1 Å². The molecule has 0 atom stereocenters. The Labute approximate surface area is 108 Å². The van der Waals surface area contributed by atoms with Gasteiger partial charge in [-0.2, -0.15) is 0 Å². The molecule has 2 aromatic rings. The Morgan fingerprint density at radius 3 is 2.50 bits per heavy atom. The highest BCUT2D eigenvalue weighted by Crippen LogP contribution is 2.04. The van der Waals surface area contributed by atoms with E-state index in [2.05, 4.69) is 15.5 Å². The van der Waals surface area contributed by atoms with Gasteiger partial charge in [0.05, 0.1) is 0 Å². The molecule has 4 nitrogen and oxygen atoms in total. The second-order valence-corrected chi connectivity index (χ2v) is 3.94. The molecule has 2 rings (SSSR count). The van der Waals surface area contributed by atoms with Crippen molar-refractivity contribution in [3.05, 3.63) is 58.6 Å². The molecule has 1 N–H and O–H groups in total. The third-order valence-electron chi connectivity index (χ3n) is 2.23. The molecular weight excluding hydrogens is 257 g/mol. The van der Waals surface area contributed by atoms with Crippen LogP contribution in [0.25, 0.3) is 0 Å². The van der Waals surface area contributed by atoms with E-state index in [0.29, 0.717) is 6.54 Å². The number of hydrogen-bond acceptors (Lipinski definition) is 3. The van der Waals surface area contributed by atoms with Crippen LogP contribution in [-0.4, -0.2) is 16.1 Å². The van der Waals surface area contributed by atoms with Gasteiger partial charge in [-0.3, -0.25) is 4.79 Å². The fraction of sp³-hybridized carbons (Fsp3) is 0.0833. The van der Waals surface area contributed by atoms with E-state index < -0.39 is 0 Å². The number of aromatic nitrogens is 2. The number of halogens is 2. The van der Waals surface area contributed by atoms with Gasteiger partial charge in [-0.05, 0) is 29.8 Å². The number of nitrogens with one attached hydrogen (secondary N) is 1. The van der Waals surface area contributed by atoms with Crippen LogP contribution >= 0.6 is 11.6 Å². The first kappa shape index (κ1) is 12.4. The van der Waals surface area contributed by atoms with Gasteiger partial charge in [0.25, 0.3) is 5.91 Å². The Bertz CT molecular complexity index is 542. The van der Waals surface area contributed by atoms with E-state index in [1.807, 2.05) is 0 Å². The standard InChI is InChI=1S/C12H9ClFN3O/c13-11-6-5-10(16-17-11)12(18)15-7-8-1-3-9(14)4-2-8/h1-6H,7H2,(H,15,18). The maximum absolute atomic E-state index is 12.7. The lowest BCUT2D eigenvalue weighted by molar-refractivity contribution is 0.0945. The van der Waals surface area contributed by atoms with E-state index in [1.165, 1.54) is 24.3 Å². The normalized spacial score (nSPS) is 10.1. The van der Waals surface area contributed by atoms with Crippen LogP contribution in [0.4, 0.5) is 4.39 Å². The van der Waals surface area contributed by atoms with Gasteiger partial charge >= 0.3 is 0 Å². The zero-order chi connectivity index (χ0) is 13.0. The highest BCUT2D eigenvalue weighted by atomic mass is 35.5. The highest BCUT2D eigenvalue weighted by Gasteiger charge is 2.07. The predicted molar refractivity (Wildman–Crippen MR) is 64.6 cm³/mol. The minimum atomic E-state index is -0.358. The summed E-state index contributed by atoms with van der Waals surface area (Å²) in [5.41, 5.74) is 0.980. The maximum Gasteiger partial charge on any atom is 0.272 e. The summed E-state index contributed by atoms with van der Waals surface area (Å²) < 4.78 is 12.7. The van der Waals surface area contributed by atoms with Crippen LogP contribution in [-0.2, 0) is 6.54 Å². The summed E-state index contributed by atoms with van der Waals surface area (Å²) in [6.07, 6.45) is 0.